The van der Waals surface area contributed by atoms with E-state index in [9.17, 15) is 4.79 Å². The van der Waals surface area contributed by atoms with Crippen molar-refractivity contribution < 1.29 is 15.1 Å². The Morgan fingerprint density at radius 3 is 2.50 bits per heavy atom. The van der Waals surface area contributed by atoms with E-state index in [-0.39, 0.29) is 17.5 Å². The first-order valence-corrected chi connectivity index (χ1v) is 1.98. The predicted molar refractivity (Wildman–Crippen MR) is 23.3 cm³/mol. The third-order valence-corrected chi connectivity index (χ3v) is 0.743. The van der Waals surface area contributed by atoms with E-state index < -0.39 is 5.91 Å². The first-order valence-electron chi connectivity index (χ1n) is 1.98. The van der Waals surface area contributed by atoms with Crippen LogP contribution in [0.1, 0.15) is 6.42 Å². The van der Waals surface area contributed by atoms with Crippen molar-refractivity contribution in [3.8, 4) is 0 Å². The lowest BCUT2D eigenvalue weighted by Crippen LogP contribution is -2.14. The van der Waals surface area contributed by atoms with Crippen molar-refractivity contribution in [2.75, 3.05) is 0 Å². The molecule has 0 radical (unpaired) electrons. The van der Waals surface area contributed by atoms with Crippen molar-refractivity contribution in [1.82, 2.24) is 5.17 Å². The van der Waals surface area contributed by atoms with E-state index in [4.69, 9.17) is 10.3 Å². The standard InChI is InChI=1S/C3H4N2O3/c6-2-1-3(7)5(8)4-2/h8H,1H2,(H,4,6). The van der Waals surface area contributed by atoms with Crippen LogP contribution in [0.25, 0.3) is 0 Å². The van der Waals surface area contributed by atoms with E-state index >= 15 is 0 Å². The van der Waals surface area contributed by atoms with Gasteiger partial charge in [0.1, 0.15) is 6.42 Å². The van der Waals surface area contributed by atoms with Gasteiger partial charge in [-0.05, 0) is 0 Å². The molecular formula is C3H4N2O3. The van der Waals surface area contributed by atoms with E-state index in [1.807, 2.05) is 0 Å². The summed E-state index contributed by atoms with van der Waals surface area (Å²) in [6, 6.07) is 0. The molecule has 0 aromatic carbocycles. The van der Waals surface area contributed by atoms with Crippen LogP contribution in [-0.2, 0) is 4.79 Å². The normalized spacial score (nSPS) is 19.4. The molecule has 0 unspecified atom stereocenters. The fourth-order valence-corrected chi connectivity index (χ4v) is 0.406. The van der Waals surface area contributed by atoms with Crippen molar-refractivity contribution in [3.63, 3.8) is 0 Å². The molecule has 0 bridgehead atoms. The van der Waals surface area contributed by atoms with Crippen molar-refractivity contribution in [2.45, 2.75) is 6.42 Å². The number of aliphatic hydroxyl groups is 1. The van der Waals surface area contributed by atoms with Gasteiger partial charge in [0.15, 0.2) is 0 Å². The molecule has 0 aliphatic carbocycles. The zero-order valence-electron chi connectivity index (χ0n) is 3.90. The number of nitrogens with zero attached hydrogens (tertiary/aromatic N) is 2. The molecule has 0 saturated heterocycles. The Kier molecular flexibility index (Phi) is 0.911. The fourth-order valence-electron chi connectivity index (χ4n) is 0.406. The minimum Gasteiger partial charge on any atom is -0.495 e. The van der Waals surface area contributed by atoms with E-state index in [0.717, 1.165) is 0 Å². The highest BCUT2D eigenvalue weighted by atomic mass is 16.6. The highest BCUT2D eigenvalue weighted by Gasteiger charge is 2.20. The summed E-state index contributed by atoms with van der Waals surface area (Å²) < 4.78 is 0. The van der Waals surface area contributed by atoms with Gasteiger partial charge >= 0.3 is 0 Å². The van der Waals surface area contributed by atoms with Crippen LogP contribution < -0.4 is 0 Å². The van der Waals surface area contributed by atoms with E-state index in [1.165, 1.54) is 0 Å². The highest BCUT2D eigenvalue weighted by Crippen LogP contribution is 2.00. The Balaban J connectivity index is 2.69. The van der Waals surface area contributed by atoms with Gasteiger partial charge in [-0.3, -0.25) is 10.0 Å². The number of amides is 1. The topological polar surface area (TPSA) is 73.1 Å². The van der Waals surface area contributed by atoms with Crippen LogP contribution >= 0.6 is 0 Å². The molecule has 2 N–H and O–H groups in total. The molecule has 0 aromatic rings. The molecule has 5 nitrogen and oxygen atoms in total. The van der Waals surface area contributed by atoms with Gasteiger partial charge in [-0.1, -0.05) is 0 Å². The molecule has 1 rings (SSSR count). The molecular weight excluding hydrogens is 112 g/mol. The Morgan fingerprint density at radius 1 is 1.75 bits per heavy atom. The fraction of sp³-hybridized carbons (Fsp3) is 0.333. The molecule has 8 heavy (non-hydrogen) atoms. The average molecular weight is 116 g/mol. The lowest BCUT2D eigenvalue weighted by atomic mass is 10.4. The molecule has 0 saturated carbocycles. The molecule has 0 spiro atoms. The van der Waals surface area contributed by atoms with E-state index in [2.05, 4.69) is 5.10 Å². The van der Waals surface area contributed by atoms with Gasteiger partial charge in [-0.2, -0.15) is 0 Å². The minimum atomic E-state index is -0.609. The summed E-state index contributed by atoms with van der Waals surface area (Å²) in [6.45, 7) is 0. The number of hydrogen-bond donors (Lipinski definition) is 2. The largest absolute Gasteiger partial charge is 0.495 e. The summed E-state index contributed by atoms with van der Waals surface area (Å²) in [5.41, 5.74) is 0. The van der Waals surface area contributed by atoms with Crippen LogP contribution in [0.15, 0.2) is 5.10 Å². The molecule has 5 heteroatoms. The number of hydrogen-bond acceptors (Lipinski definition) is 3. The lowest BCUT2D eigenvalue weighted by molar-refractivity contribution is -0.160. The van der Waals surface area contributed by atoms with E-state index in [0.29, 0.717) is 0 Å². The van der Waals surface area contributed by atoms with Gasteiger partial charge in [0.2, 0.25) is 5.90 Å². The van der Waals surface area contributed by atoms with Gasteiger partial charge in [-0.25, -0.2) is 0 Å². The maximum absolute atomic E-state index is 10.2. The number of hydrazone groups is 1. The third-order valence-electron chi connectivity index (χ3n) is 0.743. The molecule has 1 aliphatic heterocycles. The second-order valence-electron chi connectivity index (χ2n) is 1.38. The average Bonchev–Trinajstić information content (AvgIpc) is 1.85. The van der Waals surface area contributed by atoms with Crippen molar-refractivity contribution >= 4 is 11.8 Å². The summed E-state index contributed by atoms with van der Waals surface area (Å²) in [6.07, 6.45) is -0.198. The van der Waals surface area contributed by atoms with Crippen molar-refractivity contribution in [1.29, 1.82) is 0 Å². The summed E-state index contributed by atoms with van der Waals surface area (Å²) in [5.74, 6) is -0.958. The van der Waals surface area contributed by atoms with Crippen LogP contribution in [0, 0.1) is 0 Å². The lowest BCUT2D eigenvalue weighted by Gasteiger charge is -1.94. The van der Waals surface area contributed by atoms with Crippen molar-refractivity contribution in [3.05, 3.63) is 0 Å². The molecule has 44 valence electrons. The van der Waals surface area contributed by atoms with E-state index in [1.54, 1.807) is 0 Å². The molecule has 0 fully saturated rings. The number of rotatable bonds is 0. The quantitative estimate of drug-likeness (QED) is 0.418. The monoisotopic (exact) mass is 116 g/mol. The molecule has 1 heterocycles. The van der Waals surface area contributed by atoms with Gasteiger partial charge in [0, 0.05) is 0 Å². The van der Waals surface area contributed by atoms with Gasteiger partial charge < -0.3 is 5.11 Å². The Morgan fingerprint density at radius 2 is 2.38 bits per heavy atom. The zero-order valence-corrected chi connectivity index (χ0v) is 3.90. The summed E-state index contributed by atoms with van der Waals surface area (Å²) in [4.78, 5) is 10.2. The van der Waals surface area contributed by atoms with Crippen LogP contribution in [-0.4, -0.2) is 27.3 Å². The highest BCUT2D eigenvalue weighted by molar-refractivity contribution is 5.99. The SMILES string of the molecule is O=C1CC(O)=NN1O. The molecule has 1 aliphatic rings. The maximum Gasteiger partial charge on any atom is 0.278 e. The number of carbonyl (C=O) groups excluding carboxylic acids is 1. The Bertz CT molecular complexity index is 153. The third kappa shape index (κ3) is 0.627. The zero-order chi connectivity index (χ0) is 6.15. The summed E-state index contributed by atoms with van der Waals surface area (Å²) in [5, 5.41) is 19.8. The number of carbonyl (C=O) groups is 1. The van der Waals surface area contributed by atoms with Gasteiger partial charge in [-0.15, -0.1) is 10.3 Å². The van der Waals surface area contributed by atoms with Crippen LogP contribution in [0.4, 0.5) is 0 Å². The van der Waals surface area contributed by atoms with Crippen LogP contribution in [0.2, 0.25) is 0 Å². The van der Waals surface area contributed by atoms with Crippen LogP contribution in [0.3, 0.4) is 0 Å². The van der Waals surface area contributed by atoms with Crippen LogP contribution in [0.5, 0.6) is 0 Å². The smallest absolute Gasteiger partial charge is 0.278 e. The second-order valence-corrected chi connectivity index (χ2v) is 1.38. The number of aliphatic hydroxyl groups excluding tert-OH is 1. The number of hydroxylamine groups is 1. The predicted octanol–water partition coefficient (Wildman–Crippen LogP) is -0.521. The van der Waals surface area contributed by atoms with Gasteiger partial charge in [0.05, 0.1) is 0 Å². The first kappa shape index (κ1) is 5.04. The maximum atomic E-state index is 10.2. The van der Waals surface area contributed by atoms with Gasteiger partial charge in [0.25, 0.3) is 5.91 Å². The molecule has 0 atom stereocenters. The Hall–Kier alpha value is -1.10. The van der Waals surface area contributed by atoms with Crippen molar-refractivity contribution in [2.24, 2.45) is 5.10 Å². The molecule has 1 amide bonds. The Labute approximate surface area is 44.8 Å². The first-order chi connectivity index (χ1) is 3.70. The molecule has 0 aromatic heterocycles. The summed E-state index contributed by atoms with van der Waals surface area (Å²) >= 11 is 0. The summed E-state index contributed by atoms with van der Waals surface area (Å²) in [7, 11) is 0. The minimum absolute atomic E-state index is 0.120. The second kappa shape index (κ2) is 1.45.